The molecule has 0 N–H and O–H groups in total. The van der Waals surface area contributed by atoms with Crippen molar-refractivity contribution in [3.63, 3.8) is 0 Å². The Morgan fingerprint density at radius 1 is 0.939 bits per heavy atom. The van der Waals surface area contributed by atoms with E-state index in [2.05, 4.69) is 17.0 Å². The lowest BCUT2D eigenvalue weighted by molar-refractivity contribution is 0.0986. The van der Waals surface area contributed by atoms with Gasteiger partial charge in [0.15, 0.2) is 5.13 Å². The molecule has 5 nitrogen and oxygen atoms in total. The maximum absolute atomic E-state index is 13.5. The van der Waals surface area contributed by atoms with E-state index in [0.29, 0.717) is 17.2 Å². The Bertz CT molecular complexity index is 1190. The summed E-state index contributed by atoms with van der Waals surface area (Å²) in [4.78, 5) is 22.2. The van der Waals surface area contributed by atoms with Gasteiger partial charge in [-0.3, -0.25) is 9.69 Å². The van der Waals surface area contributed by atoms with Gasteiger partial charge in [-0.2, -0.15) is 0 Å². The molecule has 3 aromatic carbocycles. The van der Waals surface area contributed by atoms with Gasteiger partial charge in [0.1, 0.15) is 5.75 Å². The summed E-state index contributed by atoms with van der Waals surface area (Å²) in [5.41, 5.74) is 3.75. The standard InChI is InChI=1S/C26H27N3O2S.ClH/c1-28(2)16-7-17-29(26-27-23-15-14-22(31-3)18-24(23)32-26)25(30)21-12-10-20(11-13-21)19-8-5-4-6-9-19;/h4-6,8-15,18H,7,16-17H2,1-3H3;1H. The number of carbonyl (C=O) groups is 1. The van der Waals surface area contributed by atoms with Gasteiger partial charge in [0.2, 0.25) is 0 Å². The fraction of sp³-hybridized carbons (Fsp3) is 0.231. The summed E-state index contributed by atoms with van der Waals surface area (Å²) in [5, 5.41) is 0.712. The van der Waals surface area contributed by atoms with Crippen LogP contribution in [0.1, 0.15) is 16.8 Å². The number of halogens is 1. The zero-order chi connectivity index (χ0) is 22.5. The van der Waals surface area contributed by atoms with Crippen molar-refractivity contribution in [2.45, 2.75) is 6.42 Å². The Morgan fingerprint density at radius 2 is 1.64 bits per heavy atom. The molecule has 1 heterocycles. The summed E-state index contributed by atoms with van der Waals surface area (Å²) in [5.74, 6) is 0.754. The topological polar surface area (TPSA) is 45.7 Å². The predicted octanol–water partition coefficient (Wildman–Crippen LogP) is 5.99. The number of ether oxygens (including phenoxy) is 1. The van der Waals surface area contributed by atoms with Crippen molar-refractivity contribution in [3.05, 3.63) is 78.4 Å². The number of aromatic nitrogens is 1. The number of benzene rings is 3. The molecular formula is C26H28ClN3O2S. The molecule has 0 aliphatic carbocycles. The molecule has 1 aromatic heterocycles. The zero-order valence-electron chi connectivity index (χ0n) is 19.0. The number of thiazole rings is 1. The lowest BCUT2D eigenvalue weighted by atomic mass is 10.0. The molecule has 4 aromatic rings. The number of methoxy groups -OCH3 is 1. The van der Waals surface area contributed by atoms with Gasteiger partial charge in [-0.15, -0.1) is 12.4 Å². The molecule has 0 saturated heterocycles. The lowest BCUT2D eigenvalue weighted by Gasteiger charge is -2.21. The molecule has 0 bridgehead atoms. The van der Waals surface area contributed by atoms with Crippen molar-refractivity contribution in [3.8, 4) is 16.9 Å². The third-order valence-electron chi connectivity index (χ3n) is 5.29. The number of anilines is 1. The van der Waals surface area contributed by atoms with Crippen LogP contribution in [0.3, 0.4) is 0 Å². The normalized spacial score (nSPS) is 10.8. The van der Waals surface area contributed by atoms with E-state index in [-0.39, 0.29) is 18.3 Å². The lowest BCUT2D eigenvalue weighted by Crippen LogP contribution is -2.33. The highest BCUT2D eigenvalue weighted by Crippen LogP contribution is 2.32. The van der Waals surface area contributed by atoms with Gasteiger partial charge in [0, 0.05) is 12.1 Å². The van der Waals surface area contributed by atoms with Crippen LogP contribution in [0.2, 0.25) is 0 Å². The smallest absolute Gasteiger partial charge is 0.260 e. The van der Waals surface area contributed by atoms with E-state index in [1.807, 2.05) is 74.8 Å². The third kappa shape index (κ3) is 5.90. The van der Waals surface area contributed by atoms with Crippen molar-refractivity contribution in [2.75, 3.05) is 39.2 Å². The van der Waals surface area contributed by atoms with Crippen LogP contribution in [0.15, 0.2) is 72.8 Å². The molecule has 1 amide bonds. The summed E-state index contributed by atoms with van der Waals surface area (Å²) in [7, 11) is 5.73. The summed E-state index contributed by atoms with van der Waals surface area (Å²) < 4.78 is 6.34. The fourth-order valence-corrected chi connectivity index (χ4v) is 4.57. The quantitative estimate of drug-likeness (QED) is 0.310. The predicted molar refractivity (Wildman–Crippen MR) is 140 cm³/mol. The summed E-state index contributed by atoms with van der Waals surface area (Å²) in [6.07, 6.45) is 0.861. The minimum Gasteiger partial charge on any atom is -0.497 e. The van der Waals surface area contributed by atoms with Crippen LogP contribution < -0.4 is 9.64 Å². The first kappa shape index (κ1) is 24.7. The first-order valence-corrected chi connectivity index (χ1v) is 11.4. The molecule has 0 radical (unpaired) electrons. The first-order chi connectivity index (χ1) is 15.5. The largest absolute Gasteiger partial charge is 0.497 e. The number of amides is 1. The minimum absolute atomic E-state index is 0. The number of hydrogen-bond acceptors (Lipinski definition) is 5. The average Bonchev–Trinajstić information content (AvgIpc) is 3.25. The van der Waals surface area contributed by atoms with Gasteiger partial charge in [-0.1, -0.05) is 53.8 Å². The SMILES string of the molecule is COc1ccc2nc(N(CCCN(C)C)C(=O)c3ccc(-c4ccccc4)cc3)sc2c1.Cl. The molecular weight excluding hydrogens is 454 g/mol. The molecule has 7 heteroatoms. The maximum Gasteiger partial charge on any atom is 0.260 e. The number of rotatable bonds is 8. The maximum atomic E-state index is 13.5. The van der Waals surface area contributed by atoms with Crippen molar-refractivity contribution in [2.24, 2.45) is 0 Å². The van der Waals surface area contributed by atoms with E-state index in [1.54, 1.807) is 12.0 Å². The van der Waals surface area contributed by atoms with Gasteiger partial charge in [0.25, 0.3) is 5.91 Å². The van der Waals surface area contributed by atoms with Gasteiger partial charge in [-0.25, -0.2) is 4.98 Å². The molecule has 0 fully saturated rings. The van der Waals surface area contributed by atoms with Crippen molar-refractivity contribution in [1.82, 2.24) is 9.88 Å². The van der Waals surface area contributed by atoms with Gasteiger partial charge >= 0.3 is 0 Å². The molecule has 172 valence electrons. The van der Waals surface area contributed by atoms with Gasteiger partial charge in [0.05, 0.1) is 17.3 Å². The summed E-state index contributed by atoms with van der Waals surface area (Å²) >= 11 is 1.52. The minimum atomic E-state index is -0.0330. The summed E-state index contributed by atoms with van der Waals surface area (Å²) in [6.45, 7) is 1.50. The molecule has 0 aliphatic heterocycles. The second kappa shape index (κ2) is 11.3. The third-order valence-corrected chi connectivity index (χ3v) is 6.33. The van der Waals surface area contributed by atoms with Gasteiger partial charge < -0.3 is 9.64 Å². The Labute approximate surface area is 205 Å². The van der Waals surface area contributed by atoms with E-state index >= 15 is 0 Å². The van der Waals surface area contributed by atoms with Gasteiger partial charge in [-0.05, 0) is 68.5 Å². The van der Waals surface area contributed by atoms with Crippen LogP contribution in [0.25, 0.3) is 21.3 Å². The van der Waals surface area contributed by atoms with E-state index < -0.39 is 0 Å². The monoisotopic (exact) mass is 481 g/mol. The van der Waals surface area contributed by atoms with Crippen LogP contribution in [-0.2, 0) is 0 Å². The van der Waals surface area contributed by atoms with Crippen LogP contribution >= 0.6 is 23.7 Å². The molecule has 0 unspecified atom stereocenters. The molecule has 33 heavy (non-hydrogen) atoms. The molecule has 0 saturated carbocycles. The Morgan fingerprint density at radius 3 is 2.30 bits per heavy atom. The molecule has 4 rings (SSSR count). The van der Waals surface area contributed by atoms with E-state index in [9.17, 15) is 4.79 Å². The van der Waals surface area contributed by atoms with E-state index in [4.69, 9.17) is 9.72 Å². The van der Waals surface area contributed by atoms with Crippen LogP contribution in [0.4, 0.5) is 5.13 Å². The average molecular weight is 482 g/mol. The van der Waals surface area contributed by atoms with Crippen molar-refractivity contribution in [1.29, 1.82) is 0 Å². The number of fused-ring (bicyclic) bond motifs is 1. The van der Waals surface area contributed by atoms with Crippen LogP contribution in [-0.4, -0.2) is 50.1 Å². The number of hydrogen-bond donors (Lipinski definition) is 0. The van der Waals surface area contributed by atoms with E-state index in [0.717, 1.165) is 40.1 Å². The van der Waals surface area contributed by atoms with Crippen molar-refractivity contribution < 1.29 is 9.53 Å². The Kier molecular flexibility index (Phi) is 8.44. The highest BCUT2D eigenvalue weighted by atomic mass is 35.5. The van der Waals surface area contributed by atoms with E-state index in [1.165, 1.54) is 11.3 Å². The Balaban J connectivity index is 0.00000306. The number of carbonyl (C=O) groups excluding carboxylic acids is 1. The fourth-order valence-electron chi connectivity index (χ4n) is 3.56. The first-order valence-electron chi connectivity index (χ1n) is 10.6. The zero-order valence-corrected chi connectivity index (χ0v) is 20.7. The molecule has 0 atom stereocenters. The van der Waals surface area contributed by atoms with Crippen LogP contribution in [0, 0.1) is 0 Å². The second-order valence-electron chi connectivity index (χ2n) is 7.89. The molecule has 0 aliphatic rings. The summed E-state index contributed by atoms with van der Waals surface area (Å²) in [6, 6.07) is 23.8. The highest BCUT2D eigenvalue weighted by molar-refractivity contribution is 7.22. The Hall–Kier alpha value is -2.93. The highest BCUT2D eigenvalue weighted by Gasteiger charge is 2.21. The van der Waals surface area contributed by atoms with Crippen molar-refractivity contribution >= 4 is 45.0 Å². The second-order valence-corrected chi connectivity index (χ2v) is 8.90. The van der Waals surface area contributed by atoms with Crippen LogP contribution in [0.5, 0.6) is 5.75 Å². The number of nitrogens with zero attached hydrogens (tertiary/aromatic N) is 3. The molecule has 0 spiro atoms.